The third-order valence-corrected chi connectivity index (χ3v) is 7.29. The number of nitrogens with zero attached hydrogens (tertiary/aromatic N) is 1. The lowest BCUT2D eigenvalue weighted by Crippen LogP contribution is -2.27. The third-order valence-electron chi connectivity index (χ3n) is 5.25. The maximum Gasteiger partial charge on any atom is 0.345 e. The lowest BCUT2D eigenvalue weighted by molar-refractivity contribution is -0.123. The van der Waals surface area contributed by atoms with Gasteiger partial charge in [0.05, 0.1) is 32.2 Å². The largest absolute Gasteiger partial charge is 0.490 e. The molecule has 9 heteroatoms. The van der Waals surface area contributed by atoms with Crippen LogP contribution in [-0.2, 0) is 11.3 Å². The van der Waals surface area contributed by atoms with E-state index in [1.807, 2.05) is 60.7 Å². The van der Waals surface area contributed by atoms with E-state index in [1.165, 1.54) is 4.90 Å². The van der Waals surface area contributed by atoms with Gasteiger partial charge in [-0.1, -0.05) is 53.6 Å². The molecular formula is C27H21ClINO5S. The summed E-state index contributed by atoms with van der Waals surface area (Å²) in [6, 6.07) is 17.8. The molecule has 6 nitrogen and oxygen atoms in total. The van der Waals surface area contributed by atoms with Crippen molar-refractivity contribution in [1.82, 2.24) is 4.90 Å². The van der Waals surface area contributed by atoms with Crippen molar-refractivity contribution in [2.45, 2.75) is 20.4 Å². The van der Waals surface area contributed by atoms with E-state index < -0.39 is 5.97 Å². The lowest BCUT2D eigenvalue weighted by atomic mass is 10.1. The van der Waals surface area contributed by atoms with Crippen molar-refractivity contribution < 1.29 is 23.9 Å². The monoisotopic (exact) mass is 633 g/mol. The highest BCUT2D eigenvalue weighted by Crippen LogP contribution is 2.38. The lowest BCUT2D eigenvalue weighted by Gasteiger charge is -2.14. The zero-order chi connectivity index (χ0) is 25.8. The van der Waals surface area contributed by atoms with Crippen molar-refractivity contribution in [3.05, 3.63) is 96.4 Å². The van der Waals surface area contributed by atoms with Crippen LogP contribution in [0.15, 0.2) is 65.6 Å². The fraction of sp³-hybridized carbons (Fsp3) is 0.148. The molecule has 2 amide bonds. The van der Waals surface area contributed by atoms with E-state index in [2.05, 4.69) is 0 Å². The Morgan fingerprint density at radius 2 is 1.83 bits per heavy atom. The Kier molecular flexibility index (Phi) is 8.38. The van der Waals surface area contributed by atoms with E-state index in [4.69, 9.17) is 21.1 Å². The van der Waals surface area contributed by atoms with Crippen molar-refractivity contribution in [3.8, 4) is 11.5 Å². The molecule has 3 aromatic rings. The first-order chi connectivity index (χ1) is 17.3. The van der Waals surface area contributed by atoms with Gasteiger partial charge in [-0.25, -0.2) is 4.79 Å². The Hall–Kier alpha value is -2.82. The molecule has 36 heavy (non-hydrogen) atoms. The average molecular weight is 634 g/mol. The van der Waals surface area contributed by atoms with Crippen LogP contribution in [0.5, 0.6) is 11.5 Å². The van der Waals surface area contributed by atoms with Gasteiger partial charge in [0.15, 0.2) is 11.5 Å². The van der Waals surface area contributed by atoms with Gasteiger partial charge in [0, 0.05) is 0 Å². The van der Waals surface area contributed by atoms with Gasteiger partial charge in [-0.2, -0.15) is 0 Å². The molecule has 0 bridgehead atoms. The number of hydrogen-bond donors (Lipinski definition) is 0. The Bertz CT molecular complexity index is 1370. The number of carbonyl (C=O) groups is 3. The van der Waals surface area contributed by atoms with Gasteiger partial charge in [-0.3, -0.25) is 14.5 Å². The first-order valence-corrected chi connectivity index (χ1v) is 13.3. The molecule has 1 aliphatic rings. The van der Waals surface area contributed by atoms with Crippen LogP contribution in [0.4, 0.5) is 4.79 Å². The minimum atomic E-state index is -0.607. The Balaban J connectivity index is 1.59. The van der Waals surface area contributed by atoms with Gasteiger partial charge in [0.2, 0.25) is 0 Å². The highest BCUT2D eigenvalue weighted by Gasteiger charge is 2.35. The minimum absolute atomic E-state index is 0.209. The van der Waals surface area contributed by atoms with Crippen LogP contribution >= 0.6 is 46.0 Å². The van der Waals surface area contributed by atoms with Crippen molar-refractivity contribution in [2.24, 2.45) is 0 Å². The highest BCUT2D eigenvalue weighted by atomic mass is 127. The second-order valence-corrected chi connectivity index (χ2v) is 10.4. The molecule has 1 heterocycles. The Morgan fingerprint density at radius 1 is 1.11 bits per heavy atom. The molecule has 0 aliphatic carbocycles. The fourth-order valence-electron chi connectivity index (χ4n) is 3.47. The van der Waals surface area contributed by atoms with Gasteiger partial charge < -0.3 is 9.47 Å². The summed E-state index contributed by atoms with van der Waals surface area (Å²) in [5.41, 5.74) is 2.86. The number of thioether (sulfide) groups is 1. The van der Waals surface area contributed by atoms with E-state index in [9.17, 15) is 14.4 Å². The molecule has 0 saturated carbocycles. The van der Waals surface area contributed by atoms with Crippen LogP contribution < -0.4 is 9.47 Å². The SMILES string of the molecule is CCOc1cc(/C=C2\SC(=O)N(Cc3ccc(C)cc3)C2=O)cc(I)c1OC(=O)c1ccccc1Cl. The summed E-state index contributed by atoms with van der Waals surface area (Å²) in [6.07, 6.45) is 1.64. The molecule has 4 rings (SSSR count). The number of esters is 1. The predicted molar refractivity (Wildman–Crippen MR) is 149 cm³/mol. The first-order valence-electron chi connectivity index (χ1n) is 11.0. The second kappa shape index (κ2) is 11.5. The van der Waals surface area contributed by atoms with Crippen LogP contribution in [0.2, 0.25) is 5.02 Å². The molecule has 0 atom stereocenters. The Labute approximate surface area is 231 Å². The molecule has 0 N–H and O–H groups in total. The van der Waals surface area contributed by atoms with Gasteiger partial charge in [0.25, 0.3) is 11.1 Å². The summed E-state index contributed by atoms with van der Waals surface area (Å²) >= 11 is 9.07. The molecule has 0 spiro atoms. The van der Waals surface area contributed by atoms with Gasteiger partial charge in [-0.15, -0.1) is 0 Å². The number of hydrogen-bond acceptors (Lipinski definition) is 6. The molecule has 0 radical (unpaired) electrons. The summed E-state index contributed by atoms with van der Waals surface area (Å²) in [5, 5.41) is -0.0368. The fourth-order valence-corrected chi connectivity index (χ4v) is 5.26. The van der Waals surface area contributed by atoms with Gasteiger partial charge in [-0.05, 0) is 89.7 Å². The standard InChI is InChI=1S/C27H21ClINO5S/c1-3-34-22-13-18(12-21(29)24(22)35-26(32)19-6-4-5-7-20(19)28)14-23-25(31)30(27(33)36-23)15-17-10-8-16(2)9-11-17/h4-14H,3,15H2,1-2H3/b23-14-. The first kappa shape index (κ1) is 26.2. The molecular weight excluding hydrogens is 613 g/mol. The predicted octanol–water partition coefficient (Wildman–Crippen LogP) is 7.11. The van der Waals surface area contributed by atoms with E-state index in [0.29, 0.717) is 26.4 Å². The smallest absolute Gasteiger partial charge is 0.345 e. The van der Waals surface area contributed by atoms with E-state index in [1.54, 1.807) is 42.5 Å². The van der Waals surface area contributed by atoms with Crippen LogP contribution in [0, 0.1) is 10.5 Å². The third kappa shape index (κ3) is 5.93. The maximum absolute atomic E-state index is 13.0. The van der Waals surface area contributed by atoms with E-state index in [0.717, 1.165) is 22.9 Å². The minimum Gasteiger partial charge on any atom is -0.490 e. The van der Waals surface area contributed by atoms with Crippen LogP contribution in [0.1, 0.15) is 34.0 Å². The summed E-state index contributed by atoms with van der Waals surface area (Å²) in [4.78, 5) is 39.8. The number of halogens is 2. The molecule has 1 aliphatic heterocycles. The topological polar surface area (TPSA) is 72.9 Å². The van der Waals surface area contributed by atoms with Crippen molar-refractivity contribution in [3.63, 3.8) is 0 Å². The second-order valence-electron chi connectivity index (χ2n) is 7.89. The summed E-state index contributed by atoms with van der Waals surface area (Å²) in [7, 11) is 0. The van der Waals surface area contributed by atoms with Gasteiger partial charge in [0.1, 0.15) is 0 Å². The maximum atomic E-state index is 13.0. The Morgan fingerprint density at radius 3 is 2.53 bits per heavy atom. The van der Waals surface area contributed by atoms with Gasteiger partial charge >= 0.3 is 5.97 Å². The average Bonchev–Trinajstić information content (AvgIpc) is 3.10. The molecule has 0 aromatic heterocycles. The summed E-state index contributed by atoms with van der Waals surface area (Å²) in [5.74, 6) is -0.362. The number of rotatable bonds is 7. The van der Waals surface area contributed by atoms with Crippen LogP contribution in [0.25, 0.3) is 6.08 Å². The van der Waals surface area contributed by atoms with E-state index in [-0.39, 0.29) is 34.0 Å². The highest BCUT2D eigenvalue weighted by molar-refractivity contribution is 14.1. The molecule has 3 aromatic carbocycles. The van der Waals surface area contributed by atoms with Crippen molar-refractivity contribution in [2.75, 3.05) is 6.61 Å². The van der Waals surface area contributed by atoms with Crippen molar-refractivity contribution >= 4 is 69.1 Å². The number of carbonyl (C=O) groups excluding carboxylic acids is 3. The quantitative estimate of drug-likeness (QED) is 0.120. The number of ether oxygens (including phenoxy) is 2. The molecule has 184 valence electrons. The molecule has 0 unspecified atom stereocenters. The molecule has 1 saturated heterocycles. The van der Waals surface area contributed by atoms with Crippen molar-refractivity contribution in [1.29, 1.82) is 0 Å². The van der Waals surface area contributed by atoms with Crippen LogP contribution in [-0.4, -0.2) is 28.6 Å². The number of aryl methyl sites for hydroxylation is 1. The van der Waals surface area contributed by atoms with Crippen LogP contribution in [0.3, 0.4) is 0 Å². The van der Waals surface area contributed by atoms with E-state index >= 15 is 0 Å². The number of imide groups is 1. The number of benzene rings is 3. The zero-order valence-electron chi connectivity index (χ0n) is 19.4. The number of amides is 2. The summed E-state index contributed by atoms with van der Waals surface area (Å²) < 4.78 is 12.0. The zero-order valence-corrected chi connectivity index (χ0v) is 23.1. The normalized spacial score (nSPS) is 14.4. The molecule has 1 fully saturated rings. The summed E-state index contributed by atoms with van der Waals surface area (Å²) in [6.45, 7) is 4.34.